The van der Waals surface area contributed by atoms with Gasteiger partial charge in [0.1, 0.15) is 11.3 Å². The highest BCUT2D eigenvalue weighted by Crippen LogP contribution is 2.27. The third-order valence-corrected chi connectivity index (χ3v) is 7.58. The van der Waals surface area contributed by atoms with Gasteiger partial charge in [0.15, 0.2) is 6.61 Å². The van der Waals surface area contributed by atoms with Crippen LogP contribution in [0.15, 0.2) is 64.2 Å². The molecule has 3 heterocycles. The summed E-state index contributed by atoms with van der Waals surface area (Å²) >= 11 is 6.32. The molecule has 0 bridgehead atoms. The SMILES string of the molecule is CCCn1c(=O)c2[nH]c(-c3ccc(OCC(=O)N4CCN(c5ccccc5Cl)CC4)cc3)cc2n(CCC)c1=O. The summed E-state index contributed by atoms with van der Waals surface area (Å²) < 4.78 is 8.77. The van der Waals surface area contributed by atoms with Crippen molar-refractivity contribution in [3.05, 3.63) is 80.5 Å². The lowest BCUT2D eigenvalue weighted by Gasteiger charge is -2.36. The summed E-state index contributed by atoms with van der Waals surface area (Å²) in [7, 11) is 0. The number of nitrogens with zero attached hydrogens (tertiary/aromatic N) is 4. The molecule has 0 radical (unpaired) electrons. The maximum absolute atomic E-state index is 13.0. The van der Waals surface area contributed by atoms with Gasteiger partial charge in [0.05, 0.1) is 16.2 Å². The van der Waals surface area contributed by atoms with Crippen LogP contribution in [0.4, 0.5) is 5.69 Å². The van der Waals surface area contributed by atoms with Gasteiger partial charge < -0.3 is 19.5 Å². The molecule has 1 amide bonds. The quantitative estimate of drug-likeness (QED) is 0.327. The van der Waals surface area contributed by atoms with Crippen LogP contribution >= 0.6 is 11.6 Å². The molecule has 0 atom stereocenters. The third-order valence-electron chi connectivity index (χ3n) is 7.26. The Morgan fingerprint density at radius 2 is 1.60 bits per heavy atom. The zero-order valence-electron chi connectivity index (χ0n) is 22.9. The van der Waals surface area contributed by atoms with Crippen molar-refractivity contribution in [2.45, 2.75) is 39.8 Å². The van der Waals surface area contributed by atoms with Gasteiger partial charge in [-0.1, -0.05) is 37.6 Å². The van der Waals surface area contributed by atoms with Gasteiger partial charge in [0.25, 0.3) is 11.5 Å². The van der Waals surface area contributed by atoms with Crippen molar-refractivity contribution < 1.29 is 9.53 Å². The molecular formula is C30H34ClN5O4. The van der Waals surface area contributed by atoms with Gasteiger partial charge in [-0.3, -0.25) is 18.7 Å². The number of halogens is 1. The highest BCUT2D eigenvalue weighted by molar-refractivity contribution is 6.33. The molecule has 0 spiro atoms. The fraction of sp³-hybridized carbons (Fsp3) is 0.367. The second-order valence-electron chi connectivity index (χ2n) is 9.97. The summed E-state index contributed by atoms with van der Waals surface area (Å²) in [6.07, 6.45) is 1.48. The average Bonchev–Trinajstić information content (AvgIpc) is 3.42. The van der Waals surface area contributed by atoms with Gasteiger partial charge in [-0.15, -0.1) is 0 Å². The van der Waals surface area contributed by atoms with Crippen molar-refractivity contribution in [3.8, 4) is 17.0 Å². The standard InChI is InChI=1S/C30H34ClN5O4/c1-3-13-35-26-19-24(32-28(26)29(38)36(14-4-2)30(35)39)21-9-11-22(12-10-21)40-20-27(37)34-17-15-33(16-18-34)25-8-6-5-7-23(25)31/h5-12,19,32H,3-4,13-18,20H2,1-2H3. The predicted octanol–water partition coefficient (Wildman–Crippen LogP) is 4.36. The molecule has 9 nitrogen and oxygen atoms in total. The smallest absolute Gasteiger partial charge is 0.331 e. The zero-order valence-corrected chi connectivity index (χ0v) is 23.6. The summed E-state index contributed by atoms with van der Waals surface area (Å²) in [5.41, 5.74) is 3.05. The van der Waals surface area contributed by atoms with E-state index in [4.69, 9.17) is 16.3 Å². The van der Waals surface area contributed by atoms with Gasteiger partial charge in [-0.05, 0) is 60.9 Å². The first kappa shape index (κ1) is 27.6. The Morgan fingerprint density at radius 1 is 0.925 bits per heavy atom. The topological polar surface area (TPSA) is 92.6 Å². The van der Waals surface area contributed by atoms with E-state index in [0.717, 1.165) is 23.4 Å². The second kappa shape index (κ2) is 12.0. The maximum atomic E-state index is 13.0. The number of para-hydroxylation sites is 1. The van der Waals surface area contributed by atoms with Crippen LogP contribution in [-0.2, 0) is 17.9 Å². The van der Waals surface area contributed by atoms with Crippen molar-refractivity contribution in [2.75, 3.05) is 37.7 Å². The second-order valence-corrected chi connectivity index (χ2v) is 10.4. The van der Waals surface area contributed by atoms with Crippen molar-refractivity contribution in [1.29, 1.82) is 0 Å². The van der Waals surface area contributed by atoms with Gasteiger partial charge in [-0.25, -0.2) is 4.79 Å². The summed E-state index contributed by atoms with van der Waals surface area (Å²) in [6, 6.07) is 17.0. The largest absolute Gasteiger partial charge is 0.484 e. The van der Waals surface area contributed by atoms with Crippen LogP contribution in [-0.4, -0.2) is 57.7 Å². The molecule has 1 saturated heterocycles. The number of carbonyl (C=O) groups excluding carboxylic acids is 1. The van der Waals surface area contributed by atoms with Crippen LogP contribution in [0.1, 0.15) is 26.7 Å². The minimum Gasteiger partial charge on any atom is -0.484 e. The van der Waals surface area contributed by atoms with Crippen molar-refractivity contribution in [1.82, 2.24) is 19.0 Å². The molecule has 1 aliphatic rings. The Balaban J connectivity index is 1.24. The van der Waals surface area contributed by atoms with Crippen LogP contribution in [0.25, 0.3) is 22.3 Å². The first-order chi connectivity index (χ1) is 19.4. The van der Waals surface area contributed by atoms with Gasteiger partial charge >= 0.3 is 5.69 Å². The first-order valence-corrected chi connectivity index (χ1v) is 14.2. The summed E-state index contributed by atoms with van der Waals surface area (Å²) in [6.45, 7) is 7.46. The van der Waals surface area contributed by atoms with Gasteiger partial charge in [0, 0.05) is 45.0 Å². The van der Waals surface area contributed by atoms with E-state index in [0.29, 0.717) is 67.5 Å². The Bertz CT molecular complexity index is 1610. The van der Waals surface area contributed by atoms with Crippen molar-refractivity contribution in [2.24, 2.45) is 0 Å². The number of nitrogens with one attached hydrogen (secondary N) is 1. The number of amides is 1. The highest BCUT2D eigenvalue weighted by Gasteiger charge is 2.23. The summed E-state index contributed by atoms with van der Waals surface area (Å²) in [4.78, 5) is 46.0. The average molecular weight is 564 g/mol. The number of aromatic nitrogens is 3. The fourth-order valence-electron chi connectivity index (χ4n) is 5.18. The molecule has 40 heavy (non-hydrogen) atoms. The van der Waals surface area contributed by atoms with E-state index in [9.17, 15) is 14.4 Å². The number of hydrogen-bond acceptors (Lipinski definition) is 5. The molecule has 0 aliphatic carbocycles. The first-order valence-electron chi connectivity index (χ1n) is 13.8. The number of piperazine rings is 1. The summed E-state index contributed by atoms with van der Waals surface area (Å²) in [5.74, 6) is 0.520. The third kappa shape index (κ3) is 5.51. The summed E-state index contributed by atoms with van der Waals surface area (Å²) in [5, 5.41) is 0.713. The fourth-order valence-corrected chi connectivity index (χ4v) is 5.43. The predicted molar refractivity (Wildman–Crippen MR) is 159 cm³/mol. The van der Waals surface area contributed by atoms with E-state index < -0.39 is 0 Å². The van der Waals surface area contributed by atoms with Crippen LogP contribution < -0.4 is 20.9 Å². The van der Waals surface area contributed by atoms with E-state index >= 15 is 0 Å². The van der Waals surface area contributed by atoms with Crippen molar-refractivity contribution >= 4 is 34.2 Å². The number of hydrogen-bond donors (Lipinski definition) is 1. The number of rotatable bonds is 9. The van der Waals surface area contributed by atoms with Crippen LogP contribution in [0.5, 0.6) is 5.75 Å². The van der Waals surface area contributed by atoms with E-state index in [1.165, 1.54) is 4.57 Å². The molecule has 4 aromatic rings. The number of anilines is 1. The molecule has 2 aromatic carbocycles. The zero-order chi connectivity index (χ0) is 28.2. The van der Waals surface area contributed by atoms with E-state index in [-0.39, 0.29) is 23.8 Å². The molecule has 0 saturated carbocycles. The molecule has 210 valence electrons. The molecule has 0 unspecified atom stereocenters. The van der Waals surface area contributed by atoms with Crippen LogP contribution in [0.3, 0.4) is 0 Å². The van der Waals surface area contributed by atoms with Gasteiger partial charge in [0.2, 0.25) is 0 Å². The number of carbonyl (C=O) groups is 1. The van der Waals surface area contributed by atoms with Crippen molar-refractivity contribution in [3.63, 3.8) is 0 Å². The normalized spacial score (nSPS) is 13.7. The van der Waals surface area contributed by atoms with E-state index in [2.05, 4.69) is 9.88 Å². The Kier molecular flexibility index (Phi) is 8.30. The molecule has 10 heteroatoms. The Labute approximate surface area is 237 Å². The molecular weight excluding hydrogens is 530 g/mol. The van der Waals surface area contributed by atoms with E-state index in [1.807, 2.05) is 61.2 Å². The minimum atomic E-state index is -0.299. The monoisotopic (exact) mass is 563 g/mol. The minimum absolute atomic E-state index is 0.0436. The number of H-pyrrole nitrogens is 1. The number of aromatic amines is 1. The Morgan fingerprint density at radius 3 is 2.27 bits per heavy atom. The lowest BCUT2D eigenvalue weighted by Crippen LogP contribution is -2.50. The van der Waals surface area contributed by atoms with Gasteiger partial charge in [-0.2, -0.15) is 0 Å². The lowest BCUT2D eigenvalue weighted by molar-refractivity contribution is -0.133. The number of benzene rings is 2. The Hall–Kier alpha value is -3.98. The van der Waals surface area contributed by atoms with E-state index in [1.54, 1.807) is 16.7 Å². The highest BCUT2D eigenvalue weighted by atomic mass is 35.5. The number of aryl methyl sites for hydroxylation is 1. The maximum Gasteiger partial charge on any atom is 0.331 e. The lowest BCUT2D eigenvalue weighted by atomic mass is 10.1. The molecule has 1 fully saturated rings. The van der Waals surface area contributed by atoms with Crippen LogP contribution in [0, 0.1) is 0 Å². The molecule has 1 aliphatic heterocycles. The molecule has 2 aromatic heterocycles. The number of fused-ring (bicyclic) bond motifs is 1. The molecule has 5 rings (SSSR count). The van der Waals surface area contributed by atoms with Crippen LogP contribution in [0.2, 0.25) is 5.02 Å². The number of ether oxygens (including phenoxy) is 1. The molecule has 1 N–H and O–H groups in total.